The molecule has 88 valence electrons. The van der Waals surface area contributed by atoms with E-state index < -0.39 is 0 Å². The maximum atomic E-state index is 5.67. The van der Waals surface area contributed by atoms with Gasteiger partial charge in [-0.3, -0.25) is 0 Å². The molecule has 5 nitrogen and oxygen atoms in total. The summed E-state index contributed by atoms with van der Waals surface area (Å²) in [5.41, 5.74) is 10.8. The number of rotatable bonds is 2. The highest BCUT2D eigenvalue weighted by Gasteiger charge is 2.14. The maximum Gasteiger partial charge on any atom is 0.143 e. The van der Waals surface area contributed by atoms with Crippen molar-refractivity contribution in [3.05, 3.63) is 17.8 Å². The van der Waals surface area contributed by atoms with Gasteiger partial charge in [-0.2, -0.15) is 0 Å². The molecular formula is C11H19N5. The number of anilines is 2. The number of piperazine rings is 1. The second-order valence-electron chi connectivity index (χ2n) is 4.34. The Morgan fingerprint density at radius 3 is 2.62 bits per heavy atom. The number of hydrazine groups is 1. The van der Waals surface area contributed by atoms with Gasteiger partial charge in [0.15, 0.2) is 0 Å². The van der Waals surface area contributed by atoms with Gasteiger partial charge in [0, 0.05) is 26.2 Å². The summed E-state index contributed by atoms with van der Waals surface area (Å²) in [6.07, 6.45) is 1.69. The zero-order chi connectivity index (χ0) is 11.5. The van der Waals surface area contributed by atoms with Crippen LogP contribution >= 0.6 is 0 Å². The summed E-state index contributed by atoms with van der Waals surface area (Å²) < 4.78 is 0. The summed E-state index contributed by atoms with van der Waals surface area (Å²) in [4.78, 5) is 6.62. The molecule has 2 heterocycles. The molecule has 2 rings (SSSR count). The van der Waals surface area contributed by atoms with Crippen molar-refractivity contribution in [1.29, 1.82) is 0 Å². The zero-order valence-corrected chi connectivity index (χ0v) is 9.90. The third-order valence-electron chi connectivity index (χ3n) is 2.87. The highest BCUT2D eigenvalue weighted by atomic mass is 15.5. The van der Waals surface area contributed by atoms with Gasteiger partial charge in [-0.05, 0) is 25.6 Å². The van der Waals surface area contributed by atoms with Crippen molar-refractivity contribution in [2.45, 2.75) is 6.92 Å². The molecule has 0 amide bonds. The lowest BCUT2D eigenvalue weighted by atomic mass is 10.3. The van der Waals surface area contributed by atoms with Gasteiger partial charge < -0.3 is 16.1 Å². The van der Waals surface area contributed by atoms with Gasteiger partial charge in [-0.15, -0.1) is 0 Å². The number of aryl methyl sites for hydroxylation is 1. The first kappa shape index (κ1) is 11.2. The molecule has 0 spiro atoms. The van der Waals surface area contributed by atoms with Crippen LogP contribution in [0, 0.1) is 6.92 Å². The minimum atomic E-state index is 0.710. The van der Waals surface area contributed by atoms with Crippen molar-refractivity contribution < 1.29 is 0 Å². The van der Waals surface area contributed by atoms with Crippen LogP contribution in [0.2, 0.25) is 0 Å². The van der Waals surface area contributed by atoms with Crippen molar-refractivity contribution in [1.82, 2.24) is 14.9 Å². The summed E-state index contributed by atoms with van der Waals surface area (Å²) in [6, 6.07) is 1.94. The Kier molecular flexibility index (Phi) is 3.26. The van der Waals surface area contributed by atoms with Crippen LogP contribution in [0.4, 0.5) is 11.5 Å². The minimum absolute atomic E-state index is 0.710. The molecule has 3 N–H and O–H groups in total. The van der Waals surface area contributed by atoms with E-state index in [0.717, 1.165) is 37.6 Å². The van der Waals surface area contributed by atoms with Crippen LogP contribution in [-0.2, 0) is 0 Å². The third-order valence-corrected chi connectivity index (χ3v) is 2.87. The predicted octanol–water partition coefficient (Wildman–Crippen LogP) is 0.547. The van der Waals surface area contributed by atoms with E-state index in [9.17, 15) is 0 Å². The average Bonchev–Trinajstić information content (AvgIpc) is 2.25. The molecule has 0 saturated carbocycles. The molecule has 1 aliphatic heterocycles. The first-order chi connectivity index (χ1) is 7.65. The largest absolute Gasteiger partial charge is 0.397 e. The van der Waals surface area contributed by atoms with Crippen molar-refractivity contribution in [2.24, 2.45) is 0 Å². The summed E-state index contributed by atoms with van der Waals surface area (Å²) in [6.45, 7) is 6.22. The van der Waals surface area contributed by atoms with Crippen molar-refractivity contribution in [2.75, 3.05) is 44.4 Å². The van der Waals surface area contributed by atoms with Crippen molar-refractivity contribution in [3.63, 3.8) is 0 Å². The normalized spacial score (nSPS) is 18.6. The van der Waals surface area contributed by atoms with Crippen LogP contribution in [0.1, 0.15) is 5.56 Å². The average molecular weight is 221 g/mol. The fraction of sp³-hybridized carbons (Fsp3) is 0.545. The number of hydrogen-bond donors (Lipinski definition) is 2. The van der Waals surface area contributed by atoms with Crippen LogP contribution in [-0.4, -0.2) is 48.1 Å². The molecule has 0 unspecified atom stereocenters. The molecule has 16 heavy (non-hydrogen) atoms. The van der Waals surface area contributed by atoms with Gasteiger partial charge >= 0.3 is 0 Å². The lowest BCUT2D eigenvalue weighted by Gasteiger charge is -2.33. The Labute approximate surface area is 96.2 Å². The first-order valence-electron chi connectivity index (χ1n) is 5.57. The van der Waals surface area contributed by atoms with Gasteiger partial charge in [0.1, 0.15) is 5.82 Å². The number of nitrogens with two attached hydrogens (primary N) is 1. The molecule has 0 atom stereocenters. The van der Waals surface area contributed by atoms with E-state index in [0.29, 0.717) is 5.69 Å². The Morgan fingerprint density at radius 2 is 2.00 bits per heavy atom. The standard InChI is InChI=1S/C11H19N5/c1-9-7-10(12)8-13-11(9)14-16-5-3-15(2)4-6-16/h7-8H,3-6,12H2,1-2H3,(H,13,14). The molecule has 1 aromatic rings. The molecule has 1 aromatic heterocycles. The maximum absolute atomic E-state index is 5.67. The van der Waals surface area contributed by atoms with Gasteiger partial charge in [-0.1, -0.05) is 0 Å². The van der Waals surface area contributed by atoms with Gasteiger partial charge in [0.2, 0.25) is 0 Å². The van der Waals surface area contributed by atoms with E-state index >= 15 is 0 Å². The van der Waals surface area contributed by atoms with Gasteiger partial charge in [0.25, 0.3) is 0 Å². The van der Waals surface area contributed by atoms with Gasteiger partial charge in [-0.25, -0.2) is 9.99 Å². The minimum Gasteiger partial charge on any atom is -0.397 e. The summed E-state index contributed by atoms with van der Waals surface area (Å²) in [5, 5.41) is 2.20. The quantitative estimate of drug-likeness (QED) is 0.763. The highest BCUT2D eigenvalue weighted by Crippen LogP contribution is 2.15. The summed E-state index contributed by atoms with van der Waals surface area (Å²) in [5.74, 6) is 0.902. The molecule has 0 aromatic carbocycles. The molecule has 1 saturated heterocycles. The molecule has 1 fully saturated rings. The van der Waals surface area contributed by atoms with Crippen LogP contribution in [0.15, 0.2) is 12.3 Å². The molecule has 5 heteroatoms. The van der Waals surface area contributed by atoms with E-state index in [1.165, 1.54) is 0 Å². The number of likely N-dealkylation sites (N-methyl/N-ethyl adjacent to an activating group) is 1. The van der Waals surface area contributed by atoms with Crippen molar-refractivity contribution in [3.8, 4) is 0 Å². The number of nitrogen functional groups attached to an aromatic ring is 1. The lowest BCUT2D eigenvalue weighted by Crippen LogP contribution is -2.47. The second kappa shape index (κ2) is 4.67. The van der Waals surface area contributed by atoms with E-state index in [1.54, 1.807) is 6.20 Å². The SMILES string of the molecule is Cc1cc(N)cnc1NN1CCN(C)CC1. The zero-order valence-electron chi connectivity index (χ0n) is 9.90. The second-order valence-corrected chi connectivity index (χ2v) is 4.34. The number of nitrogens with zero attached hydrogens (tertiary/aromatic N) is 3. The number of pyridine rings is 1. The van der Waals surface area contributed by atoms with E-state index in [1.807, 2.05) is 13.0 Å². The molecular weight excluding hydrogens is 202 g/mol. The van der Waals surface area contributed by atoms with Crippen molar-refractivity contribution >= 4 is 11.5 Å². The third kappa shape index (κ3) is 2.62. The molecule has 0 radical (unpaired) electrons. The summed E-state index contributed by atoms with van der Waals surface area (Å²) in [7, 11) is 2.14. The lowest BCUT2D eigenvalue weighted by molar-refractivity contribution is 0.178. The Morgan fingerprint density at radius 1 is 1.31 bits per heavy atom. The van der Waals surface area contributed by atoms with Gasteiger partial charge in [0.05, 0.1) is 11.9 Å². The Balaban J connectivity index is 1.98. The monoisotopic (exact) mass is 221 g/mol. The van der Waals surface area contributed by atoms with E-state index in [4.69, 9.17) is 5.73 Å². The number of aromatic nitrogens is 1. The Bertz CT molecular complexity index is 357. The number of nitrogens with one attached hydrogen (secondary N) is 1. The Hall–Kier alpha value is -1.33. The highest BCUT2D eigenvalue weighted by molar-refractivity contribution is 5.50. The molecule has 0 aliphatic carbocycles. The van der Waals surface area contributed by atoms with E-state index in [-0.39, 0.29) is 0 Å². The fourth-order valence-corrected chi connectivity index (χ4v) is 1.78. The van der Waals surface area contributed by atoms with Crippen LogP contribution < -0.4 is 11.2 Å². The summed E-state index contributed by atoms with van der Waals surface area (Å²) >= 11 is 0. The van der Waals surface area contributed by atoms with Crippen LogP contribution in [0.5, 0.6) is 0 Å². The van der Waals surface area contributed by atoms with Crippen LogP contribution in [0.3, 0.4) is 0 Å². The topological polar surface area (TPSA) is 57.4 Å². The smallest absolute Gasteiger partial charge is 0.143 e. The molecule has 1 aliphatic rings. The van der Waals surface area contributed by atoms with E-state index in [2.05, 4.69) is 27.4 Å². The van der Waals surface area contributed by atoms with Crippen LogP contribution in [0.25, 0.3) is 0 Å². The predicted molar refractivity (Wildman–Crippen MR) is 66.1 cm³/mol. The molecule has 0 bridgehead atoms. The number of hydrogen-bond acceptors (Lipinski definition) is 5. The fourth-order valence-electron chi connectivity index (χ4n) is 1.78. The first-order valence-corrected chi connectivity index (χ1v) is 5.57.